The van der Waals surface area contributed by atoms with Gasteiger partial charge in [0.05, 0.1) is 12.7 Å². The molecule has 0 radical (unpaired) electrons. The van der Waals surface area contributed by atoms with Crippen molar-refractivity contribution in [2.45, 2.75) is 6.54 Å². The van der Waals surface area contributed by atoms with Crippen molar-refractivity contribution in [3.63, 3.8) is 0 Å². The summed E-state index contributed by atoms with van der Waals surface area (Å²) in [6, 6.07) is 11.4. The van der Waals surface area contributed by atoms with Crippen LogP contribution in [0.2, 0.25) is 5.02 Å². The van der Waals surface area contributed by atoms with Crippen LogP contribution in [-0.4, -0.2) is 52.0 Å². The third-order valence-electron chi connectivity index (χ3n) is 4.63. The van der Waals surface area contributed by atoms with Crippen molar-refractivity contribution >= 4 is 23.4 Å². The molecule has 144 valence electrons. The second kappa shape index (κ2) is 8.41. The second-order valence-corrected chi connectivity index (χ2v) is 6.99. The molecule has 7 nitrogen and oxygen atoms in total. The molecule has 1 aromatic carbocycles. The Morgan fingerprint density at radius 1 is 1.07 bits per heavy atom. The van der Waals surface area contributed by atoms with Gasteiger partial charge in [-0.2, -0.15) is 0 Å². The lowest BCUT2D eigenvalue weighted by molar-refractivity contribution is 0.137. The summed E-state index contributed by atoms with van der Waals surface area (Å²) in [5, 5.41) is 3.47. The summed E-state index contributed by atoms with van der Waals surface area (Å²) in [6.07, 6.45) is 4.65. The Labute approximate surface area is 167 Å². The van der Waals surface area contributed by atoms with Gasteiger partial charge < -0.3 is 9.32 Å². The number of urea groups is 1. The van der Waals surface area contributed by atoms with Crippen molar-refractivity contribution in [3.8, 4) is 11.3 Å². The number of halogens is 1. The number of rotatable bonds is 4. The summed E-state index contributed by atoms with van der Waals surface area (Å²) in [6.45, 7) is 3.58. The van der Waals surface area contributed by atoms with Gasteiger partial charge in [-0.1, -0.05) is 11.6 Å². The third kappa shape index (κ3) is 4.49. The quantitative estimate of drug-likeness (QED) is 0.725. The fourth-order valence-electron chi connectivity index (χ4n) is 3.11. The number of nitrogens with one attached hydrogen (secondary N) is 1. The Bertz CT molecular complexity index is 921. The number of carbonyl (C=O) groups is 1. The fraction of sp³-hybridized carbons (Fsp3) is 0.250. The Morgan fingerprint density at radius 2 is 1.86 bits per heavy atom. The minimum atomic E-state index is -0.150. The van der Waals surface area contributed by atoms with Crippen molar-refractivity contribution < 1.29 is 9.21 Å². The van der Waals surface area contributed by atoms with Crippen LogP contribution in [0.25, 0.3) is 11.3 Å². The summed E-state index contributed by atoms with van der Waals surface area (Å²) < 4.78 is 5.97. The molecule has 1 aliphatic rings. The summed E-state index contributed by atoms with van der Waals surface area (Å²) in [7, 11) is 0. The van der Waals surface area contributed by atoms with Crippen LogP contribution in [0.5, 0.6) is 0 Å². The normalized spacial score (nSPS) is 14.8. The van der Waals surface area contributed by atoms with Gasteiger partial charge in [0.15, 0.2) is 5.82 Å². The zero-order valence-electron chi connectivity index (χ0n) is 15.2. The Kier molecular flexibility index (Phi) is 5.55. The van der Waals surface area contributed by atoms with Crippen LogP contribution in [0.15, 0.2) is 59.4 Å². The molecule has 28 heavy (non-hydrogen) atoms. The highest BCUT2D eigenvalue weighted by atomic mass is 35.5. The van der Waals surface area contributed by atoms with Crippen LogP contribution in [0.3, 0.4) is 0 Å². The van der Waals surface area contributed by atoms with E-state index in [9.17, 15) is 4.79 Å². The number of carbonyl (C=O) groups excluding carboxylic acids is 1. The summed E-state index contributed by atoms with van der Waals surface area (Å²) >= 11 is 5.94. The topological polar surface area (TPSA) is 74.5 Å². The van der Waals surface area contributed by atoms with Crippen LogP contribution in [-0.2, 0) is 6.54 Å². The molecule has 0 bridgehead atoms. The van der Waals surface area contributed by atoms with E-state index in [4.69, 9.17) is 16.0 Å². The third-order valence-corrected chi connectivity index (χ3v) is 4.88. The molecule has 2 aromatic heterocycles. The molecule has 3 heterocycles. The number of hydrogen-bond donors (Lipinski definition) is 1. The van der Waals surface area contributed by atoms with Gasteiger partial charge >= 0.3 is 6.03 Å². The zero-order chi connectivity index (χ0) is 19.3. The molecule has 0 aliphatic carbocycles. The van der Waals surface area contributed by atoms with Crippen molar-refractivity contribution in [2.24, 2.45) is 0 Å². The zero-order valence-corrected chi connectivity index (χ0v) is 16.0. The van der Waals surface area contributed by atoms with Crippen molar-refractivity contribution in [3.05, 3.63) is 65.8 Å². The van der Waals surface area contributed by atoms with E-state index in [1.807, 2.05) is 36.4 Å². The Balaban J connectivity index is 1.29. The SMILES string of the molecule is O=C(Nc1cnccn1)N1CCN(Cc2ccc(-c3ccc(Cl)cc3)o2)CC1. The maximum absolute atomic E-state index is 12.3. The maximum atomic E-state index is 12.3. The number of piperazine rings is 1. The molecule has 0 spiro atoms. The molecule has 1 fully saturated rings. The Morgan fingerprint density at radius 3 is 2.57 bits per heavy atom. The largest absolute Gasteiger partial charge is 0.460 e. The standard InChI is InChI=1S/C20H20ClN5O2/c21-16-3-1-15(2-4-16)18-6-5-17(28-18)14-25-9-11-26(12-10-25)20(27)24-19-13-22-7-8-23-19/h1-8,13H,9-12,14H2,(H,23,24,27). The molecule has 0 unspecified atom stereocenters. The maximum Gasteiger partial charge on any atom is 0.323 e. The van der Waals surface area contributed by atoms with E-state index in [-0.39, 0.29) is 6.03 Å². The molecule has 3 aromatic rings. The van der Waals surface area contributed by atoms with E-state index in [0.29, 0.717) is 30.5 Å². The van der Waals surface area contributed by atoms with Gasteiger partial charge in [-0.3, -0.25) is 15.2 Å². The highest BCUT2D eigenvalue weighted by Crippen LogP contribution is 2.24. The highest BCUT2D eigenvalue weighted by molar-refractivity contribution is 6.30. The lowest BCUT2D eigenvalue weighted by Crippen LogP contribution is -2.49. The van der Waals surface area contributed by atoms with Crippen LogP contribution < -0.4 is 5.32 Å². The van der Waals surface area contributed by atoms with Gasteiger partial charge in [0.1, 0.15) is 11.5 Å². The van der Waals surface area contributed by atoms with Gasteiger partial charge in [0.2, 0.25) is 0 Å². The molecule has 0 atom stereocenters. The van der Waals surface area contributed by atoms with E-state index < -0.39 is 0 Å². The first kappa shape index (κ1) is 18.5. The lowest BCUT2D eigenvalue weighted by atomic mass is 10.2. The predicted octanol–water partition coefficient (Wildman–Crippen LogP) is 3.74. The predicted molar refractivity (Wildman–Crippen MR) is 107 cm³/mol. The minimum Gasteiger partial charge on any atom is -0.460 e. The summed E-state index contributed by atoms with van der Waals surface area (Å²) in [5.74, 6) is 2.19. The Hall–Kier alpha value is -2.90. The van der Waals surface area contributed by atoms with E-state index in [1.165, 1.54) is 6.20 Å². The average Bonchev–Trinajstić information content (AvgIpc) is 3.18. The summed E-state index contributed by atoms with van der Waals surface area (Å²) in [4.78, 5) is 24.4. The van der Waals surface area contributed by atoms with Gasteiger partial charge in [0, 0.05) is 49.2 Å². The van der Waals surface area contributed by atoms with Gasteiger partial charge in [0.25, 0.3) is 0 Å². The second-order valence-electron chi connectivity index (χ2n) is 6.56. The number of anilines is 1. The number of hydrogen-bond acceptors (Lipinski definition) is 5. The number of furan rings is 1. The molecule has 1 N–H and O–H groups in total. The number of benzene rings is 1. The number of aromatic nitrogens is 2. The van der Waals surface area contributed by atoms with Crippen LogP contribution >= 0.6 is 11.6 Å². The van der Waals surface area contributed by atoms with E-state index in [2.05, 4.69) is 20.2 Å². The first-order valence-electron chi connectivity index (χ1n) is 9.06. The highest BCUT2D eigenvalue weighted by Gasteiger charge is 2.22. The molecule has 1 saturated heterocycles. The smallest absolute Gasteiger partial charge is 0.323 e. The fourth-order valence-corrected chi connectivity index (χ4v) is 3.24. The van der Waals surface area contributed by atoms with Crippen LogP contribution in [0, 0.1) is 0 Å². The lowest BCUT2D eigenvalue weighted by Gasteiger charge is -2.34. The van der Waals surface area contributed by atoms with Gasteiger partial charge in [-0.05, 0) is 36.4 Å². The molecule has 0 saturated carbocycles. The molecule has 1 aliphatic heterocycles. The van der Waals surface area contributed by atoms with E-state index in [1.54, 1.807) is 17.3 Å². The molecule has 4 rings (SSSR count). The molecule has 8 heteroatoms. The van der Waals surface area contributed by atoms with Crippen molar-refractivity contribution in [1.29, 1.82) is 0 Å². The molecule has 2 amide bonds. The van der Waals surface area contributed by atoms with Gasteiger partial charge in [-0.25, -0.2) is 9.78 Å². The van der Waals surface area contributed by atoms with E-state index >= 15 is 0 Å². The van der Waals surface area contributed by atoms with Crippen molar-refractivity contribution in [1.82, 2.24) is 19.8 Å². The van der Waals surface area contributed by atoms with Crippen LogP contribution in [0.4, 0.5) is 10.6 Å². The average molecular weight is 398 g/mol. The monoisotopic (exact) mass is 397 g/mol. The van der Waals surface area contributed by atoms with E-state index in [0.717, 1.165) is 30.2 Å². The van der Waals surface area contributed by atoms with Crippen LogP contribution in [0.1, 0.15) is 5.76 Å². The summed E-state index contributed by atoms with van der Waals surface area (Å²) in [5.41, 5.74) is 1.00. The minimum absolute atomic E-state index is 0.150. The molecular formula is C20H20ClN5O2. The number of nitrogens with zero attached hydrogens (tertiary/aromatic N) is 4. The van der Waals surface area contributed by atoms with Crippen molar-refractivity contribution in [2.75, 3.05) is 31.5 Å². The molecular weight excluding hydrogens is 378 g/mol. The van der Waals surface area contributed by atoms with Gasteiger partial charge in [-0.15, -0.1) is 0 Å². The number of amides is 2. The first-order chi connectivity index (χ1) is 13.7. The first-order valence-corrected chi connectivity index (χ1v) is 9.44.